The summed E-state index contributed by atoms with van der Waals surface area (Å²) >= 11 is 31.1. The van der Waals surface area contributed by atoms with Crippen molar-refractivity contribution >= 4 is 69.6 Å². The predicted molar refractivity (Wildman–Crippen MR) is 135 cm³/mol. The maximum absolute atomic E-state index is 13.2. The van der Waals surface area contributed by atoms with Crippen LogP contribution in [0.25, 0.3) is 0 Å². The highest BCUT2D eigenvalue weighted by Gasteiger charge is 2.32. The highest BCUT2D eigenvalue weighted by molar-refractivity contribution is 6.36. The number of anilines is 1. The molecule has 1 unspecified atom stereocenters. The normalized spacial score (nSPS) is 16.3. The minimum absolute atomic E-state index is 0.00465. The number of benzene rings is 3. The third kappa shape index (κ3) is 5.30. The average molecular weight is 529 g/mol. The Balaban J connectivity index is 1.61. The van der Waals surface area contributed by atoms with Crippen molar-refractivity contribution in [3.63, 3.8) is 0 Å². The molecule has 1 aliphatic rings. The minimum atomic E-state index is -0.0986. The molecule has 1 amide bonds. The van der Waals surface area contributed by atoms with Gasteiger partial charge in [0.1, 0.15) is 0 Å². The second-order valence-corrected chi connectivity index (χ2v) is 9.73. The summed E-state index contributed by atoms with van der Waals surface area (Å²) in [4.78, 5) is 17.2. The molecule has 0 aliphatic carbocycles. The Morgan fingerprint density at radius 2 is 1.44 bits per heavy atom. The van der Waals surface area contributed by atoms with Gasteiger partial charge in [0.2, 0.25) is 5.91 Å². The van der Waals surface area contributed by atoms with Gasteiger partial charge >= 0.3 is 0 Å². The summed E-state index contributed by atoms with van der Waals surface area (Å²) in [6.45, 7) is 1.67. The largest absolute Gasteiger partial charge is 0.360 e. The molecule has 8 heteroatoms. The van der Waals surface area contributed by atoms with E-state index in [0.717, 1.165) is 16.8 Å². The Hall–Kier alpha value is -1.62. The van der Waals surface area contributed by atoms with Crippen molar-refractivity contribution in [2.24, 2.45) is 0 Å². The Bertz CT molecular complexity index is 1140. The third-order valence-electron chi connectivity index (χ3n) is 5.56. The van der Waals surface area contributed by atoms with E-state index in [2.05, 4.69) is 4.90 Å². The molecule has 4 rings (SSSR count). The zero-order valence-corrected chi connectivity index (χ0v) is 20.7. The lowest BCUT2D eigenvalue weighted by Crippen LogP contribution is -2.51. The quantitative estimate of drug-likeness (QED) is 0.348. The zero-order chi connectivity index (χ0) is 22.8. The van der Waals surface area contributed by atoms with Crippen LogP contribution in [0.1, 0.15) is 17.2 Å². The molecule has 1 saturated heterocycles. The van der Waals surface area contributed by atoms with Gasteiger partial charge in [-0.1, -0.05) is 70.1 Å². The van der Waals surface area contributed by atoms with Crippen LogP contribution >= 0.6 is 58.0 Å². The topological polar surface area (TPSA) is 23.6 Å². The number of hydrogen-bond donors (Lipinski definition) is 0. The molecular formula is C24H19Cl5N2O. The molecule has 1 atom stereocenters. The summed E-state index contributed by atoms with van der Waals surface area (Å²) in [5.41, 5.74) is 2.63. The Labute approximate surface area is 212 Å². The number of piperazine rings is 1. The van der Waals surface area contributed by atoms with Crippen LogP contribution in [0.3, 0.4) is 0 Å². The fourth-order valence-corrected chi connectivity index (χ4v) is 4.96. The maximum Gasteiger partial charge on any atom is 0.227 e. The summed E-state index contributed by atoms with van der Waals surface area (Å²) < 4.78 is 0. The van der Waals surface area contributed by atoms with Gasteiger partial charge in [0.05, 0.1) is 23.2 Å². The molecule has 0 bridgehead atoms. The van der Waals surface area contributed by atoms with Crippen LogP contribution in [0.2, 0.25) is 25.1 Å². The molecule has 1 fully saturated rings. The second-order valence-electron chi connectivity index (χ2n) is 7.61. The van der Waals surface area contributed by atoms with Crippen LogP contribution in [-0.4, -0.2) is 30.4 Å². The van der Waals surface area contributed by atoms with Crippen LogP contribution in [-0.2, 0) is 11.2 Å². The summed E-state index contributed by atoms with van der Waals surface area (Å²) in [7, 11) is 0. The van der Waals surface area contributed by atoms with E-state index in [4.69, 9.17) is 58.0 Å². The van der Waals surface area contributed by atoms with E-state index in [1.54, 1.807) is 24.3 Å². The summed E-state index contributed by atoms with van der Waals surface area (Å²) in [5.74, 6) is -0.00465. The van der Waals surface area contributed by atoms with Gasteiger partial charge in [-0.3, -0.25) is 4.79 Å². The molecule has 1 aliphatic heterocycles. The van der Waals surface area contributed by atoms with Gasteiger partial charge in [-0.15, -0.1) is 0 Å². The first-order valence-electron chi connectivity index (χ1n) is 10.0. The zero-order valence-electron chi connectivity index (χ0n) is 16.9. The highest BCUT2D eigenvalue weighted by atomic mass is 35.5. The van der Waals surface area contributed by atoms with E-state index in [1.165, 1.54) is 0 Å². The molecule has 0 aromatic heterocycles. The molecule has 32 heavy (non-hydrogen) atoms. The summed E-state index contributed by atoms with van der Waals surface area (Å²) in [5, 5.41) is 2.89. The van der Waals surface area contributed by atoms with E-state index in [-0.39, 0.29) is 18.4 Å². The van der Waals surface area contributed by atoms with Crippen molar-refractivity contribution in [2.45, 2.75) is 12.5 Å². The minimum Gasteiger partial charge on any atom is -0.360 e. The van der Waals surface area contributed by atoms with Crippen LogP contribution in [0.5, 0.6) is 0 Å². The number of carbonyl (C=O) groups excluding carboxylic acids is 1. The average Bonchev–Trinajstić information content (AvgIpc) is 2.76. The molecule has 3 nitrogen and oxygen atoms in total. The van der Waals surface area contributed by atoms with E-state index in [1.807, 2.05) is 41.3 Å². The van der Waals surface area contributed by atoms with Crippen LogP contribution in [0.15, 0.2) is 60.7 Å². The van der Waals surface area contributed by atoms with Gasteiger partial charge < -0.3 is 9.80 Å². The predicted octanol–water partition coefficient (Wildman–Crippen LogP) is 7.59. The molecule has 3 aromatic rings. The molecule has 3 aromatic carbocycles. The lowest BCUT2D eigenvalue weighted by molar-refractivity contribution is -0.131. The van der Waals surface area contributed by atoms with Gasteiger partial charge in [0.25, 0.3) is 0 Å². The lowest BCUT2D eigenvalue weighted by Gasteiger charge is -2.43. The second kappa shape index (κ2) is 10.1. The first kappa shape index (κ1) is 23.5. The number of halogens is 5. The summed E-state index contributed by atoms with van der Waals surface area (Å²) in [6.07, 6.45) is 0.189. The van der Waals surface area contributed by atoms with Gasteiger partial charge in [-0.25, -0.2) is 0 Å². The highest BCUT2D eigenvalue weighted by Crippen LogP contribution is 2.37. The molecule has 1 heterocycles. The fourth-order valence-electron chi connectivity index (χ4n) is 3.94. The summed E-state index contributed by atoms with van der Waals surface area (Å²) in [6, 6.07) is 18.2. The first-order chi connectivity index (χ1) is 15.3. The maximum atomic E-state index is 13.2. The first-order valence-corrected chi connectivity index (χ1v) is 11.9. The molecule has 0 spiro atoms. The van der Waals surface area contributed by atoms with Crippen LogP contribution in [0, 0.1) is 0 Å². The number of nitrogens with zero attached hydrogens (tertiary/aromatic N) is 2. The van der Waals surface area contributed by atoms with Crippen LogP contribution in [0.4, 0.5) is 5.69 Å². The Kier molecular flexibility index (Phi) is 7.44. The SMILES string of the molecule is O=C(Cc1cc(Cl)ccc1Cl)N1CCN(c2ccc(Cl)cc2Cl)C(c2ccc(Cl)cc2)C1. The molecular weight excluding hydrogens is 510 g/mol. The van der Waals surface area contributed by atoms with Gasteiger partial charge in [-0.2, -0.15) is 0 Å². The van der Waals surface area contributed by atoms with Crippen LogP contribution < -0.4 is 4.90 Å². The molecule has 0 saturated carbocycles. The van der Waals surface area contributed by atoms with E-state index in [9.17, 15) is 4.79 Å². The van der Waals surface area contributed by atoms with Gasteiger partial charge in [-0.05, 0) is 59.7 Å². The monoisotopic (exact) mass is 526 g/mol. The van der Waals surface area contributed by atoms with Crippen molar-refractivity contribution in [1.82, 2.24) is 4.90 Å². The molecule has 0 radical (unpaired) electrons. The van der Waals surface area contributed by atoms with Crippen molar-refractivity contribution in [1.29, 1.82) is 0 Å². The fraction of sp³-hybridized carbons (Fsp3) is 0.208. The van der Waals surface area contributed by atoms with E-state index in [0.29, 0.717) is 44.7 Å². The van der Waals surface area contributed by atoms with Crippen molar-refractivity contribution in [2.75, 3.05) is 24.5 Å². The van der Waals surface area contributed by atoms with Crippen molar-refractivity contribution < 1.29 is 4.79 Å². The number of carbonyl (C=O) groups is 1. The standard InChI is InChI=1S/C24H19Cl5N2O/c25-17-3-1-15(2-4-17)23-14-30(24(32)12-16-11-18(26)5-7-20(16)28)9-10-31(23)22-8-6-19(27)13-21(22)29/h1-8,11,13,23H,9-10,12,14H2. The van der Waals surface area contributed by atoms with E-state index >= 15 is 0 Å². The Morgan fingerprint density at radius 1 is 0.781 bits per heavy atom. The number of amides is 1. The smallest absolute Gasteiger partial charge is 0.227 e. The number of rotatable bonds is 4. The third-order valence-corrected chi connectivity index (χ3v) is 6.95. The number of hydrogen-bond acceptors (Lipinski definition) is 2. The lowest BCUT2D eigenvalue weighted by atomic mass is 10.0. The molecule has 0 N–H and O–H groups in total. The van der Waals surface area contributed by atoms with Crippen molar-refractivity contribution in [3.05, 3.63) is 96.9 Å². The molecule has 166 valence electrons. The Morgan fingerprint density at radius 3 is 2.16 bits per heavy atom. The van der Waals surface area contributed by atoms with Crippen molar-refractivity contribution in [3.8, 4) is 0 Å². The van der Waals surface area contributed by atoms with Gasteiger partial charge in [0.15, 0.2) is 0 Å². The van der Waals surface area contributed by atoms with Gasteiger partial charge in [0, 0.05) is 39.7 Å². The van der Waals surface area contributed by atoms with E-state index < -0.39 is 0 Å².